The highest BCUT2D eigenvalue weighted by atomic mass is 35.5. The third-order valence-corrected chi connectivity index (χ3v) is 3.60. The third kappa shape index (κ3) is 2.74. The minimum Gasteiger partial charge on any atom is -0.324 e. The predicted molar refractivity (Wildman–Crippen MR) is 74.7 cm³/mol. The molecule has 1 heterocycles. The molecule has 0 aliphatic rings. The van der Waals surface area contributed by atoms with Crippen molar-refractivity contribution in [1.82, 2.24) is 9.78 Å². The molecule has 2 N–H and O–H groups in total. The van der Waals surface area contributed by atoms with Crippen molar-refractivity contribution in [3.8, 4) is 0 Å². The molecular weight excluding hydrogens is 246 g/mol. The van der Waals surface area contributed by atoms with Crippen molar-refractivity contribution in [1.29, 1.82) is 0 Å². The van der Waals surface area contributed by atoms with Gasteiger partial charge in [0.1, 0.15) is 0 Å². The molecular formula is C14H18ClN3. The summed E-state index contributed by atoms with van der Waals surface area (Å²) in [5, 5.41) is 5.02. The minimum absolute atomic E-state index is 0.0908. The van der Waals surface area contributed by atoms with Crippen molar-refractivity contribution in [3.05, 3.63) is 52.3 Å². The van der Waals surface area contributed by atoms with Crippen LogP contribution in [-0.2, 0) is 13.0 Å². The van der Waals surface area contributed by atoms with Gasteiger partial charge in [0.15, 0.2) is 0 Å². The van der Waals surface area contributed by atoms with Crippen LogP contribution in [0.25, 0.3) is 0 Å². The van der Waals surface area contributed by atoms with E-state index in [1.807, 2.05) is 42.2 Å². The molecule has 0 spiro atoms. The van der Waals surface area contributed by atoms with Crippen LogP contribution in [0.1, 0.15) is 29.7 Å². The van der Waals surface area contributed by atoms with Gasteiger partial charge in [-0.25, -0.2) is 0 Å². The van der Waals surface area contributed by atoms with Gasteiger partial charge in [-0.3, -0.25) is 4.68 Å². The van der Waals surface area contributed by atoms with E-state index in [9.17, 15) is 0 Å². The second-order valence-electron chi connectivity index (χ2n) is 4.49. The average Bonchev–Trinajstić information content (AvgIpc) is 2.80. The summed E-state index contributed by atoms with van der Waals surface area (Å²) in [5.74, 6) is 0. The van der Waals surface area contributed by atoms with Gasteiger partial charge in [-0.15, -0.1) is 0 Å². The largest absolute Gasteiger partial charge is 0.324 e. The maximum absolute atomic E-state index is 6.29. The van der Waals surface area contributed by atoms with Gasteiger partial charge in [-0.2, -0.15) is 5.10 Å². The van der Waals surface area contributed by atoms with E-state index < -0.39 is 0 Å². The van der Waals surface area contributed by atoms with E-state index in [1.54, 1.807) is 0 Å². The van der Waals surface area contributed by atoms with Crippen LogP contribution < -0.4 is 5.73 Å². The summed E-state index contributed by atoms with van der Waals surface area (Å²) in [7, 11) is 0. The van der Waals surface area contributed by atoms with Gasteiger partial charge in [0.05, 0.1) is 6.20 Å². The van der Waals surface area contributed by atoms with E-state index in [-0.39, 0.29) is 6.04 Å². The fourth-order valence-corrected chi connectivity index (χ4v) is 2.27. The van der Waals surface area contributed by atoms with Crippen LogP contribution in [0.4, 0.5) is 0 Å². The Morgan fingerprint density at radius 1 is 1.44 bits per heavy atom. The lowest BCUT2D eigenvalue weighted by Gasteiger charge is -2.14. The number of benzene rings is 1. The first-order valence-electron chi connectivity index (χ1n) is 6.13. The lowest BCUT2D eigenvalue weighted by atomic mass is 10.00. The molecule has 0 aliphatic carbocycles. The molecule has 18 heavy (non-hydrogen) atoms. The number of hydrogen-bond acceptors (Lipinski definition) is 2. The molecule has 0 bridgehead atoms. The first-order valence-corrected chi connectivity index (χ1v) is 6.51. The number of nitrogens with zero attached hydrogens (tertiary/aromatic N) is 2. The third-order valence-electron chi connectivity index (χ3n) is 3.09. The maximum Gasteiger partial charge on any atom is 0.0522 e. The lowest BCUT2D eigenvalue weighted by molar-refractivity contribution is 0.657. The molecule has 0 saturated carbocycles. The standard InChI is InChI=1S/C14H18ClN3/c1-3-18-9-11(8-17-18)7-13(16)12-6-4-5-10(2)14(12)15/h4-6,8-9,13H,3,7,16H2,1-2H3. The molecule has 0 fully saturated rings. The number of hydrogen-bond donors (Lipinski definition) is 1. The Hall–Kier alpha value is -1.32. The maximum atomic E-state index is 6.29. The molecule has 3 nitrogen and oxygen atoms in total. The summed E-state index contributed by atoms with van der Waals surface area (Å²) < 4.78 is 1.90. The fraction of sp³-hybridized carbons (Fsp3) is 0.357. The quantitative estimate of drug-likeness (QED) is 0.921. The van der Waals surface area contributed by atoms with Gasteiger partial charge in [-0.05, 0) is 37.0 Å². The summed E-state index contributed by atoms with van der Waals surface area (Å²) in [6.07, 6.45) is 4.65. The first kappa shape index (κ1) is 13.1. The van der Waals surface area contributed by atoms with Crippen LogP contribution in [0.2, 0.25) is 5.02 Å². The smallest absolute Gasteiger partial charge is 0.0522 e. The molecule has 1 unspecified atom stereocenters. The molecule has 1 atom stereocenters. The Balaban J connectivity index is 2.16. The average molecular weight is 264 g/mol. The molecule has 0 amide bonds. The van der Waals surface area contributed by atoms with E-state index >= 15 is 0 Å². The molecule has 0 aliphatic heterocycles. The highest BCUT2D eigenvalue weighted by Crippen LogP contribution is 2.26. The second kappa shape index (κ2) is 5.55. The van der Waals surface area contributed by atoms with E-state index in [1.165, 1.54) is 0 Å². The van der Waals surface area contributed by atoms with E-state index in [4.69, 9.17) is 17.3 Å². The number of aryl methyl sites for hydroxylation is 2. The van der Waals surface area contributed by atoms with Crippen LogP contribution in [-0.4, -0.2) is 9.78 Å². The molecule has 96 valence electrons. The van der Waals surface area contributed by atoms with Gasteiger partial charge >= 0.3 is 0 Å². The van der Waals surface area contributed by atoms with Crippen LogP contribution in [0, 0.1) is 6.92 Å². The van der Waals surface area contributed by atoms with Crippen molar-refractivity contribution in [2.75, 3.05) is 0 Å². The summed E-state index contributed by atoms with van der Waals surface area (Å²) in [6, 6.07) is 5.89. The Morgan fingerprint density at radius 3 is 2.89 bits per heavy atom. The van der Waals surface area contributed by atoms with E-state index in [0.29, 0.717) is 0 Å². The van der Waals surface area contributed by atoms with Gasteiger partial charge in [0.2, 0.25) is 0 Å². The van der Waals surface area contributed by atoms with Crippen LogP contribution in [0.3, 0.4) is 0 Å². The summed E-state index contributed by atoms with van der Waals surface area (Å²) in [6.45, 7) is 4.93. The highest BCUT2D eigenvalue weighted by molar-refractivity contribution is 6.32. The molecule has 0 radical (unpaired) electrons. The minimum atomic E-state index is -0.0908. The van der Waals surface area contributed by atoms with Crippen LogP contribution >= 0.6 is 11.6 Å². The van der Waals surface area contributed by atoms with Gasteiger partial charge in [0, 0.05) is 23.8 Å². The van der Waals surface area contributed by atoms with Crippen molar-refractivity contribution in [3.63, 3.8) is 0 Å². The lowest BCUT2D eigenvalue weighted by Crippen LogP contribution is -2.14. The SMILES string of the molecule is CCn1cc(CC(N)c2cccc(C)c2Cl)cn1. The summed E-state index contributed by atoms with van der Waals surface area (Å²) in [5.41, 5.74) is 9.43. The van der Waals surface area contributed by atoms with Crippen molar-refractivity contribution in [2.45, 2.75) is 32.9 Å². The second-order valence-corrected chi connectivity index (χ2v) is 4.87. The van der Waals surface area contributed by atoms with Crippen molar-refractivity contribution < 1.29 is 0 Å². The topological polar surface area (TPSA) is 43.8 Å². The summed E-state index contributed by atoms with van der Waals surface area (Å²) in [4.78, 5) is 0. The molecule has 2 rings (SSSR count). The van der Waals surface area contributed by atoms with Gasteiger partial charge in [-0.1, -0.05) is 29.8 Å². The first-order chi connectivity index (χ1) is 8.61. The van der Waals surface area contributed by atoms with Crippen LogP contribution in [0.5, 0.6) is 0 Å². The molecule has 2 aromatic rings. The number of nitrogens with two attached hydrogens (primary N) is 1. The number of aromatic nitrogens is 2. The van der Waals surface area contributed by atoms with Crippen molar-refractivity contribution >= 4 is 11.6 Å². The van der Waals surface area contributed by atoms with E-state index in [0.717, 1.165) is 34.7 Å². The monoisotopic (exact) mass is 263 g/mol. The molecule has 0 saturated heterocycles. The Kier molecular flexibility index (Phi) is 4.04. The predicted octanol–water partition coefficient (Wildman–Crippen LogP) is 3.11. The molecule has 4 heteroatoms. The molecule has 1 aromatic heterocycles. The highest BCUT2D eigenvalue weighted by Gasteiger charge is 2.13. The van der Waals surface area contributed by atoms with E-state index in [2.05, 4.69) is 12.0 Å². The Labute approximate surface area is 113 Å². The summed E-state index contributed by atoms with van der Waals surface area (Å²) >= 11 is 6.29. The van der Waals surface area contributed by atoms with Crippen molar-refractivity contribution in [2.24, 2.45) is 5.73 Å². The van der Waals surface area contributed by atoms with Gasteiger partial charge in [0.25, 0.3) is 0 Å². The zero-order chi connectivity index (χ0) is 13.1. The zero-order valence-corrected chi connectivity index (χ0v) is 11.5. The Bertz CT molecular complexity index is 534. The Morgan fingerprint density at radius 2 is 2.22 bits per heavy atom. The zero-order valence-electron chi connectivity index (χ0n) is 10.7. The van der Waals surface area contributed by atoms with Crippen LogP contribution in [0.15, 0.2) is 30.6 Å². The molecule has 1 aromatic carbocycles. The number of rotatable bonds is 4. The fourth-order valence-electron chi connectivity index (χ4n) is 2.01. The normalized spacial score (nSPS) is 12.7. The van der Waals surface area contributed by atoms with Gasteiger partial charge < -0.3 is 5.73 Å². The number of halogens is 1.